The summed E-state index contributed by atoms with van der Waals surface area (Å²) < 4.78 is 5.46. The van der Waals surface area contributed by atoms with E-state index in [1.54, 1.807) is 18.3 Å². The first-order valence-electron chi connectivity index (χ1n) is 4.54. The van der Waals surface area contributed by atoms with Crippen LogP contribution >= 0.6 is 11.6 Å². The molecule has 0 unspecified atom stereocenters. The molecule has 0 N–H and O–H groups in total. The van der Waals surface area contributed by atoms with Crippen LogP contribution in [0.25, 0.3) is 0 Å². The molecule has 0 aliphatic heterocycles. The van der Waals surface area contributed by atoms with Gasteiger partial charge in [0.2, 0.25) is 5.88 Å². The molecular weight excluding hydrogens is 210 g/mol. The molecule has 2 rings (SSSR count). The van der Waals surface area contributed by atoms with Gasteiger partial charge in [-0.3, -0.25) is 0 Å². The summed E-state index contributed by atoms with van der Waals surface area (Å²) in [5, 5.41) is 0.713. The molecule has 0 fully saturated rings. The van der Waals surface area contributed by atoms with Crippen LogP contribution in [0.1, 0.15) is 5.56 Å². The zero-order chi connectivity index (χ0) is 10.5. The highest BCUT2D eigenvalue weighted by Gasteiger charge is 1.96. The number of hydrogen-bond donors (Lipinski definition) is 0. The molecule has 0 aliphatic rings. The lowest BCUT2D eigenvalue weighted by atomic mass is 10.2. The lowest BCUT2D eigenvalue weighted by Crippen LogP contribution is -1.96. The first-order valence-corrected chi connectivity index (χ1v) is 4.92. The lowest BCUT2D eigenvalue weighted by Gasteiger charge is -2.04. The highest BCUT2D eigenvalue weighted by molar-refractivity contribution is 6.30. The SMILES string of the molecule is Clc1cccc(COc2cc[c]cn2)c1. The van der Waals surface area contributed by atoms with Gasteiger partial charge in [-0.2, -0.15) is 0 Å². The minimum absolute atomic E-state index is 0.470. The first kappa shape index (κ1) is 9.99. The van der Waals surface area contributed by atoms with Gasteiger partial charge in [-0.15, -0.1) is 0 Å². The van der Waals surface area contributed by atoms with Crippen molar-refractivity contribution < 1.29 is 4.74 Å². The van der Waals surface area contributed by atoms with E-state index in [0.717, 1.165) is 5.56 Å². The summed E-state index contributed by atoms with van der Waals surface area (Å²) in [5.74, 6) is 0.591. The second-order valence-electron chi connectivity index (χ2n) is 3.02. The standard InChI is InChI=1S/C12H9ClNO/c13-11-5-3-4-10(8-11)9-15-12-6-1-2-7-14-12/h1,3-8H,9H2. The summed E-state index contributed by atoms with van der Waals surface area (Å²) in [5.41, 5.74) is 1.03. The average molecular weight is 219 g/mol. The zero-order valence-electron chi connectivity index (χ0n) is 7.98. The van der Waals surface area contributed by atoms with Gasteiger partial charge in [-0.1, -0.05) is 23.7 Å². The van der Waals surface area contributed by atoms with Crippen LogP contribution in [0.4, 0.5) is 0 Å². The second kappa shape index (κ2) is 4.80. The lowest BCUT2D eigenvalue weighted by molar-refractivity contribution is 0.294. The largest absolute Gasteiger partial charge is 0.473 e. The molecule has 1 radical (unpaired) electrons. The van der Waals surface area contributed by atoms with Crippen molar-refractivity contribution in [3.8, 4) is 5.88 Å². The number of ether oxygens (including phenoxy) is 1. The van der Waals surface area contributed by atoms with Crippen LogP contribution in [0.2, 0.25) is 5.02 Å². The van der Waals surface area contributed by atoms with Crippen LogP contribution in [-0.2, 0) is 6.61 Å². The topological polar surface area (TPSA) is 22.1 Å². The number of pyridine rings is 1. The fraction of sp³-hybridized carbons (Fsp3) is 0.0833. The van der Waals surface area contributed by atoms with Crippen LogP contribution in [0.3, 0.4) is 0 Å². The monoisotopic (exact) mass is 218 g/mol. The molecule has 0 saturated carbocycles. The van der Waals surface area contributed by atoms with E-state index in [4.69, 9.17) is 16.3 Å². The summed E-state index contributed by atoms with van der Waals surface area (Å²) in [6.07, 6.45) is 1.58. The fourth-order valence-corrected chi connectivity index (χ4v) is 1.39. The number of hydrogen-bond acceptors (Lipinski definition) is 2. The molecule has 15 heavy (non-hydrogen) atoms. The Morgan fingerprint density at radius 3 is 3.00 bits per heavy atom. The quantitative estimate of drug-likeness (QED) is 0.790. The Kier molecular flexibility index (Phi) is 3.20. The molecule has 1 heterocycles. The Bertz CT molecular complexity index is 431. The molecule has 0 amide bonds. The molecule has 2 aromatic rings. The van der Waals surface area contributed by atoms with Crippen molar-refractivity contribution in [1.29, 1.82) is 0 Å². The Morgan fingerprint density at radius 1 is 1.33 bits per heavy atom. The molecule has 3 heteroatoms. The minimum Gasteiger partial charge on any atom is -0.473 e. The van der Waals surface area contributed by atoms with Gasteiger partial charge in [0, 0.05) is 23.4 Å². The number of nitrogens with zero attached hydrogens (tertiary/aromatic N) is 1. The van der Waals surface area contributed by atoms with E-state index in [-0.39, 0.29) is 0 Å². The van der Waals surface area contributed by atoms with Gasteiger partial charge in [-0.05, 0) is 23.8 Å². The van der Waals surface area contributed by atoms with Gasteiger partial charge in [0.25, 0.3) is 0 Å². The second-order valence-corrected chi connectivity index (χ2v) is 3.45. The molecule has 0 bridgehead atoms. The van der Waals surface area contributed by atoms with Crippen molar-refractivity contribution in [2.75, 3.05) is 0 Å². The van der Waals surface area contributed by atoms with Crippen molar-refractivity contribution in [3.63, 3.8) is 0 Å². The van der Waals surface area contributed by atoms with E-state index in [9.17, 15) is 0 Å². The maximum atomic E-state index is 5.85. The summed E-state index contributed by atoms with van der Waals surface area (Å²) in [6.45, 7) is 0.470. The van der Waals surface area contributed by atoms with Crippen molar-refractivity contribution in [1.82, 2.24) is 4.98 Å². The molecule has 2 nitrogen and oxygen atoms in total. The van der Waals surface area contributed by atoms with E-state index in [0.29, 0.717) is 17.5 Å². The number of halogens is 1. The van der Waals surface area contributed by atoms with Crippen molar-refractivity contribution in [2.24, 2.45) is 0 Å². The average Bonchev–Trinajstić information content (AvgIpc) is 2.28. The third-order valence-electron chi connectivity index (χ3n) is 1.86. The van der Waals surface area contributed by atoms with Gasteiger partial charge >= 0.3 is 0 Å². The Hall–Kier alpha value is -1.54. The van der Waals surface area contributed by atoms with Crippen LogP contribution in [-0.4, -0.2) is 4.98 Å². The Labute approximate surface area is 93.5 Å². The van der Waals surface area contributed by atoms with E-state index in [2.05, 4.69) is 11.1 Å². The maximum absolute atomic E-state index is 5.85. The summed E-state index contributed by atoms with van der Waals surface area (Å²) in [4.78, 5) is 4.01. The molecule has 0 atom stereocenters. The van der Waals surface area contributed by atoms with E-state index in [1.165, 1.54) is 0 Å². The van der Waals surface area contributed by atoms with E-state index >= 15 is 0 Å². The zero-order valence-corrected chi connectivity index (χ0v) is 8.74. The smallest absolute Gasteiger partial charge is 0.213 e. The number of aromatic nitrogens is 1. The summed E-state index contributed by atoms with van der Waals surface area (Å²) >= 11 is 5.85. The van der Waals surface area contributed by atoms with Crippen molar-refractivity contribution in [2.45, 2.75) is 6.61 Å². The summed E-state index contributed by atoms with van der Waals surface area (Å²) in [7, 11) is 0. The molecule has 75 valence electrons. The van der Waals surface area contributed by atoms with Gasteiger partial charge in [0.1, 0.15) is 6.61 Å². The van der Waals surface area contributed by atoms with E-state index < -0.39 is 0 Å². The highest BCUT2D eigenvalue weighted by atomic mass is 35.5. The van der Waals surface area contributed by atoms with Gasteiger partial charge < -0.3 is 4.74 Å². The molecule has 0 saturated heterocycles. The van der Waals surface area contributed by atoms with Gasteiger partial charge in [0.15, 0.2) is 0 Å². The Balaban J connectivity index is 1.99. The highest BCUT2D eigenvalue weighted by Crippen LogP contribution is 2.12. The normalized spacial score (nSPS) is 9.93. The van der Waals surface area contributed by atoms with Crippen molar-refractivity contribution in [3.05, 3.63) is 59.2 Å². The molecular formula is C12H9ClNO. The Morgan fingerprint density at radius 2 is 2.27 bits per heavy atom. The minimum atomic E-state index is 0.470. The van der Waals surface area contributed by atoms with Crippen LogP contribution in [0.15, 0.2) is 42.6 Å². The third-order valence-corrected chi connectivity index (χ3v) is 2.10. The molecule has 1 aromatic heterocycles. The van der Waals surface area contributed by atoms with Crippen molar-refractivity contribution >= 4 is 11.6 Å². The fourth-order valence-electron chi connectivity index (χ4n) is 1.18. The van der Waals surface area contributed by atoms with Crippen LogP contribution in [0.5, 0.6) is 5.88 Å². The first-order chi connectivity index (χ1) is 7.34. The van der Waals surface area contributed by atoms with Gasteiger partial charge in [0.05, 0.1) is 0 Å². The maximum Gasteiger partial charge on any atom is 0.213 e. The van der Waals surface area contributed by atoms with Crippen LogP contribution < -0.4 is 4.74 Å². The molecule has 0 aliphatic carbocycles. The van der Waals surface area contributed by atoms with Crippen LogP contribution in [0, 0.1) is 6.07 Å². The predicted molar refractivity (Wildman–Crippen MR) is 58.9 cm³/mol. The van der Waals surface area contributed by atoms with Gasteiger partial charge in [-0.25, -0.2) is 4.98 Å². The predicted octanol–water partition coefficient (Wildman–Crippen LogP) is 3.11. The number of rotatable bonds is 3. The summed E-state index contributed by atoms with van der Waals surface area (Å²) in [6, 6.07) is 13.9. The number of benzene rings is 1. The third kappa shape index (κ3) is 2.96. The molecule has 1 aromatic carbocycles. The molecule has 0 spiro atoms. The van der Waals surface area contributed by atoms with E-state index in [1.807, 2.05) is 24.3 Å².